The van der Waals surface area contributed by atoms with E-state index in [9.17, 15) is 4.79 Å². The fourth-order valence-corrected chi connectivity index (χ4v) is 9.09. The monoisotopic (exact) mass is 818 g/mol. The minimum atomic E-state index is 0.214. The highest BCUT2D eigenvalue weighted by molar-refractivity contribution is 5.76. The molecule has 8 aliphatic heterocycles. The first kappa shape index (κ1) is 51.5. The molecule has 3 saturated carbocycles. The van der Waals surface area contributed by atoms with Gasteiger partial charge in [0.05, 0.1) is 0 Å². The molecule has 3 aliphatic carbocycles. The van der Waals surface area contributed by atoms with Crippen molar-refractivity contribution in [3.05, 3.63) is 0 Å². The Bertz CT molecular complexity index is 731. The van der Waals surface area contributed by atoms with Gasteiger partial charge < -0.3 is 42.0 Å². The second kappa shape index (κ2) is 37.9. The van der Waals surface area contributed by atoms with Crippen LogP contribution in [0.5, 0.6) is 0 Å². The van der Waals surface area contributed by atoms with Gasteiger partial charge in [-0.1, -0.05) is 64.2 Å². The molecular formula is C49H99N7O2. The van der Waals surface area contributed by atoms with Gasteiger partial charge in [0.25, 0.3) is 0 Å². The number of piperidine rings is 5. The van der Waals surface area contributed by atoms with Crippen molar-refractivity contribution < 1.29 is 9.53 Å². The van der Waals surface area contributed by atoms with Gasteiger partial charge in [-0.25, -0.2) is 0 Å². The smallest absolute Gasteiger partial charge is 0.219 e. The molecule has 8 saturated heterocycles. The second-order valence-corrected chi connectivity index (χ2v) is 18.9. The van der Waals surface area contributed by atoms with E-state index in [4.69, 9.17) is 4.74 Å². The molecular weight excluding hydrogens is 719 g/mol. The Morgan fingerprint density at radius 3 is 1.09 bits per heavy atom. The SMILES string of the molecule is C1CC2CC1CN2.C1CCCCC1.C1CCCNCC1.C1CCNC1.C1CCNCC1.C1CCNCC1.C1CCOCC1.C1CNCC2(C1)CC2.O=C1CCCCN1. The van der Waals surface area contributed by atoms with Crippen LogP contribution in [0.15, 0.2) is 0 Å². The highest BCUT2D eigenvalue weighted by atomic mass is 16.5. The van der Waals surface area contributed by atoms with Crippen molar-refractivity contribution in [1.29, 1.82) is 0 Å². The van der Waals surface area contributed by atoms with Gasteiger partial charge in [0.15, 0.2) is 0 Å². The highest BCUT2D eigenvalue weighted by Crippen LogP contribution is 2.50. The lowest BCUT2D eigenvalue weighted by molar-refractivity contribution is -0.122. The molecule has 11 fully saturated rings. The Labute approximate surface area is 359 Å². The Balaban J connectivity index is 0.000000175. The first-order valence-electron chi connectivity index (χ1n) is 25.9. The van der Waals surface area contributed by atoms with Crippen molar-refractivity contribution in [2.45, 2.75) is 205 Å². The van der Waals surface area contributed by atoms with E-state index in [0.717, 1.165) is 56.4 Å². The number of carbonyl (C=O) groups is 1. The number of hydrogen-bond acceptors (Lipinski definition) is 8. The van der Waals surface area contributed by atoms with Crippen LogP contribution in [0.3, 0.4) is 0 Å². The molecule has 2 atom stereocenters. The Kier molecular flexibility index (Phi) is 33.7. The highest BCUT2D eigenvalue weighted by Gasteiger charge is 2.42. The summed E-state index contributed by atoms with van der Waals surface area (Å²) < 4.78 is 5.07. The summed E-state index contributed by atoms with van der Waals surface area (Å²) in [4.78, 5) is 10.4. The van der Waals surface area contributed by atoms with E-state index in [-0.39, 0.29) is 5.91 Å². The van der Waals surface area contributed by atoms with Crippen LogP contribution in [-0.4, -0.2) is 104 Å². The topological polar surface area (TPSA) is 111 Å². The fourth-order valence-electron chi connectivity index (χ4n) is 9.09. The van der Waals surface area contributed by atoms with Gasteiger partial charge in [0.1, 0.15) is 0 Å². The maximum Gasteiger partial charge on any atom is 0.219 e. The average Bonchev–Trinajstić information content (AvgIpc) is 3.65. The van der Waals surface area contributed by atoms with Gasteiger partial charge in [-0.2, -0.15) is 0 Å². The third kappa shape index (κ3) is 31.1. The van der Waals surface area contributed by atoms with Crippen LogP contribution >= 0.6 is 0 Å². The molecule has 342 valence electrons. The maximum atomic E-state index is 10.4. The van der Waals surface area contributed by atoms with Crippen LogP contribution in [-0.2, 0) is 9.53 Å². The van der Waals surface area contributed by atoms with E-state index < -0.39 is 0 Å². The summed E-state index contributed by atoms with van der Waals surface area (Å²) >= 11 is 0. The minimum absolute atomic E-state index is 0.214. The van der Waals surface area contributed by atoms with Crippen molar-refractivity contribution >= 4 is 5.91 Å². The van der Waals surface area contributed by atoms with E-state index in [0.29, 0.717) is 0 Å². The molecule has 58 heavy (non-hydrogen) atoms. The maximum absolute atomic E-state index is 10.4. The predicted octanol–water partition coefficient (Wildman–Crippen LogP) is 8.76. The molecule has 2 bridgehead atoms. The quantitative estimate of drug-likeness (QED) is 0.130. The molecule has 8 heterocycles. The van der Waals surface area contributed by atoms with Gasteiger partial charge in [0.2, 0.25) is 5.91 Å². The zero-order chi connectivity index (χ0) is 40.7. The molecule has 11 aliphatic rings. The van der Waals surface area contributed by atoms with Crippen LogP contribution in [0.4, 0.5) is 0 Å². The molecule has 11 rings (SSSR count). The molecule has 9 nitrogen and oxygen atoms in total. The van der Waals surface area contributed by atoms with Crippen LogP contribution in [0.1, 0.15) is 199 Å². The van der Waals surface area contributed by atoms with Crippen LogP contribution in [0.2, 0.25) is 0 Å². The molecule has 0 aromatic rings. The van der Waals surface area contributed by atoms with Crippen LogP contribution in [0.25, 0.3) is 0 Å². The van der Waals surface area contributed by atoms with Crippen LogP contribution < -0.4 is 37.2 Å². The van der Waals surface area contributed by atoms with Crippen LogP contribution in [0, 0.1) is 11.3 Å². The molecule has 1 spiro atoms. The largest absolute Gasteiger partial charge is 0.381 e. The average molecular weight is 818 g/mol. The Morgan fingerprint density at radius 2 is 0.862 bits per heavy atom. The van der Waals surface area contributed by atoms with Crippen molar-refractivity contribution in [3.8, 4) is 0 Å². The van der Waals surface area contributed by atoms with E-state index in [1.807, 2.05) is 0 Å². The summed E-state index contributed by atoms with van der Waals surface area (Å²) in [6.07, 6.45) is 43.1. The third-order valence-corrected chi connectivity index (χ3v) is 13.3. The third-order valence-electron chi connectivity index (χ3n) is 13.3. The number of rotatable bonds is 0. The summed E-state index contributed by atoms with van der Waals surface area (Å²) in [5, 5.41) is 22.8. The Morgan fingerprint density at radius 1 is 0.431 bits per heavy atom. The van der Waals surface area contributed by atoms with Gasteiger partial charge >= 0.3 is 0 Å². The fraction of sp³-hybridized carbons (Fsp3) is 0.980. The predicted molar refractivity (Wildman–Crippen MR) is 249 cm³/mol. The summed E-state index contributed by atoms with van der Waals surface area (Å²) in [7, 11) is 0. The molecule has 2 unspecified atom stereocenters. The summed E-state index contributed by atoms with van der Waals surface area (Å²) in [5.74, 6) is 1.27. The molecule has 9 heteroatoms. The van der Waals surface area contributed by atoms with Crippen molar-refractivity contribution in [3.63, 3.8) is 0 Å². The number of amides is 1. The standard InChI is InChI=1S/C7H13N.C6H11N.C6H13N.C6H12.C5H9NO.2C5H11N.C5H10O.C4H9N/c1-2-7(3-4-7)6-8-5-1;1-2-6-3-5(1)4-7-6;1-2-4-6-7-5-3-1;1-2-4-6-5-3-1;7-5-3-1-2-4-6-5;3*1-2-4-6-5-3-1;1-2-4-5-3-1/h8H,1-6H2;5-7H,1-4H2;7H,1-6H2;1-6H2;1-4H2,(H,6,7);2*6H,1-5H2;1-5H2;5H,1-4H2. The van der Waals surface area contributed by atoms with Gasteiger partial charge in [0, 0.05) is 38.8 Å². The lowest BCUT2D eigenvalue weighted by Crippen LogP contribution is -2.30. The van der Waals surface area contributed by atoms with E-state index >= 15 is 0 Å². The van der Waals surface area contributed by atoms with Crippen molar-refractivity contribution in [2.24, 2.45) is 11.3 Å². The number of carbonyl (C=O) groups excluding carboxylic acids is 1. The summed E-state index contributed by atoms with van der Waals surface area (Å²) in [5.41, 5.74) is 0.818. The lowest BCUT2D eigenvalue weighted by atomic mass is 9.97. The van der Waals surface area contributed by atoms with E-state index in [1.54, 1.807) is 0 Å². The van der Waals surface area contributed by atoms with Crippen molar-refractivity contribution in [1.82, 2.24) is 37.2 Å². The van der Waals surface area contributed by atoms with Gasteiger partial charge in [-0.15, -0.1) is 0 Å². The number of hydrogen-bond donors (Lipinski definition) is 7. The first-order chi connectivity index (χ1) is 28.8. The molecule has 0 aromatic carbocycles. The zero-order valence-corrected chi connectivity index (χ0v) is 38.3. The summed E-state index contributed by atoms with van der Waals surface area (Å²) in [6.45, 7) is 16.8. The first-order valence-corrected chi connectivity index (χ1v) is 25.9. The lowest BCUT2D eigenvalue weighted by Gasteiger charge is -2.21. The number of nitrogens with one attached hydrogen (secondary N) is 7. The molecule has 7 N–H and O–H groups in total. The van der Waals surface area contributed by atoms with E-state index in [1.165, 1.54) is 252 Å². The number of ether oxygens (including phenoxy) is 1. The minimum Gasteiger partial charge on any atom is -0.381 e. The molecule has 0 aromatic heterocycles. The van der Waals surface area contributed by atoms with Gasteiger partial charge in [-0.05, 0) is 205 Å². The Hall–Kier alpha value is -0.810. The molecule has 1 amide bonds. The normalized spacial score (nSPS) is 27.8. The van der Waals surface area contributed by atoms with E-state index in [2.05, 4.69) is 37.2 Å². The van der Waals surface area contributed by atoms with Gasteiger partial charge in [-0.3, -0.25) is 4.79 Å². The number of fused-ring (bicyclic) bond motifs is 2. The second-order valence-electron chi connectivity index (χ2n) is 18.9. The zero-order valence-electron chi connectivity index (χ0n) is 38.3. The summed E-state index contributed by atoms with van der Waals surface area (Å²) in [6, 6.07) is 0.921. The van der Waals surface area contributed by atoms with Crippen molar-refractivity contribution in [2.75, 3.05) is 91.8 Å². The molecule has 0 radical (unpaired) electrons.